The number of hydrogen-bond donors (Lipinski definition) is 0. The van der Waals surface area contributed by atoms with Crippen molar-refractivity contribution in [2.45, 2.75) is 56.7 Å². The molecule has 0 saturated heterocycles. The van der Waals surface area contributed by atoms with Crippen molar-refractivity contribution >= 4 is 15.9 Å². The van der Waals surface area contributed by atoms with Gasteiger partial charge in [0.2, 0.25) is 0 Å². The van der Waals surface area contributed by atoms with Gasteiger partial charge < -0.3 is 0 Å². The Bertz CT molecular complexity index is 97.0. The highest BCUT2D eigenvalue weighted by Crippen LogP contribution is 2.32. The highest BCUT2D eigenvalue weighted by molar-refractivity contribution is 9.09. The standard InChI is InChI=1S/C10H19Br/c1-2-4-10(11)8-7-9-5-3-6-9/h9-10H,2-8H2,1H3. The smallest absolute Gasteiger partial charge is 0.0145 e. The maximum Gasteiger partial charge on any atom is 0.0145 e. The van der Waals surface area contributed by atoms with Crippen LogP contribution in [0.4, 0.5) is 0 Å². The second-order valence-electron chi connectivity index (χ2n) is 3.76. The third-order valence-electron chi connectivity index (χ3n) is 2.71. The lowest BCUT2D eigenvalue weighted by atomic mass is 9.82. The minimum atomic E-state index is 0.799. The van der Waals surface area contributed by atoms with Crippen molar-refractivity contribution in [3.05, 3.63) is 0 Å². The number of alkyl halides is 1. The van der Waals surface area contributed by atoms with Gasteiger partial charge in [-0.15, -0.1) is 0 Å². The summed E-state index contributed by atoms with van der Waals surface area (Å²) in [5.41, 5.74) is 0. The molecule has 1 aliphatic rings. The van der Waals surface area contributed by atoms with Crippen LogP contribution >= 0.6 is 15.9 Å². The van der Waals surface area contributed by atoms with Gasteiger partial charge in [0.05, 0.1) is 0 Å². The van der Waals surface area contributed by atoms with Gasteiger partial charge in [-0.3, -0.25) is 0 Å². The van der Waals surface area contributed by atoms with Crippen LogP contribution in [-0.4, -0.2) is 4.83 Å². The minimum absolute atomic E-state index is 0.799. The molecule has 0 spiro atoms. The van der Waals surface area contributed by atoms with E-state index in [2.05, 4.69) is 22.9 Å². The molecule has 0 amide bonds. The normalized spacial score (nSPS) is 21.3. The van der Waals surface area contributed by atoms with Crippen molar-refractivity contribution in [2.24, 2.45) is 5.92 Å². The molecule has 0 heterocycles. The number of rotatable bonds is 5. The molecule has 0 aromatic rings. The van der Waals surface area contributed by atoms with E-state index < -0.39 is 0 Å². The first-order valence-electron chi connectivity index (χ1n) is 4.97. The first-order chi connectivity index (χ1) is 5.33. The Hall–Kier alpha value is 0.480. The molecule has 0 aromatic carbocycles. The Labute approximate surface area is 78.9 Å². The van der Waals surface area contributed by atoms with Crippen LogP contribution in [0.15, 0.2) is 0 Å². The van der Waals surface area contributed by atoms with E-state index in [-0.39, 0.29) is 0 Å². The maximum absolute atomic E-state index is 3.72. The zero-order valence-electron chi connectivity index (χ0n) is 7.48. The van der Waals surface area contributed by atoms with E-state index in [4.69, 9.17) is 0 Å². The summed E-state index contributed by atoms with van der Waals surface area (Å²) in [5.74, 6) is 1.09. The molecule has 1 unspecified atom stereocenters. The first-order valence-corrected chi connectivity index (χ1v) is 5.88. The molecule has 0 aromatic heterocycles. The second kappa shape index (κ2) is 5.18. The summed E-state index contributed by atoms with van der Waals surface area (Å²) in [4.78, 5) is 0.799. The van der Waals surface area contributed by atoms with Crippen LogP contribution in [0.2, 0.25) is 0 Å². The van der Waals surface area contributed by atoms with Gasteiger partial charge in [0, 0.05) is 4.83 Å². The maximum atomic E-state index is 3.72. The molecule has 1 fully saturated rings. The predicted molar refractivity (Wildman–Crippen MR) is 54.2 cm³/mol. The number of halogens is 1. The molecular formula is C10H19Br. The van der Waals surface area contributed by atoms with E-state index in [1.165, 1.54) is 44.9 Å². The van der Waals surface area contributed by atoms with E-state index in [0.717, 1.165) is 10.7 Å². The SMILES string of the molecule is CCCC(Br)CCC1CCC1. The fraction of sp³-hybridized carbons (Fsp3) is 1.00. The molecule has 1 atom stereocenters. The van der Waals surface area contributed by atoms with Crippen LogP contribution in [0.25, 0.3) is 0 Å². The largest absolute Gasteiger partial charge is 0.0891 e. The van der Waals surface area contributed by atoms with E-state index in [0.29, 0.717) is 0 Å². The molecule has 1 rings (SSSR count). The van der Waals surface area contributed by atoms with E-state index >= 15 is 0 Å². The fourth-order valence-corrected chi connectivity index (χ4v) is 2.38. The molecule has 66 valence electrons. The monoisotopic (exact) mass is 218 g/mol. The van der Waals surface area contributed by atoms with Crippen molar-refractivity contribution in [1.29, 1.82) is 0 Å². The molecule has 1 aliphatic carbocycles. The van der Waals surface area contributed by atoms with Gasteiger partial charge in [-0.1, -0.05) is 48.5 Å². The van der Waals surface area contributed by atoms with Crippen LogP contribution in [0, 0.1) is 5.92 Å². The van der Waals surface area contributed by atoms with Gasteiger partial charge in [-0.05, 0) is 25.2 Å². The Kier molecular flexibility index (Phi) is 4.51. The fourth-order valence-electron chi connectivity index (χ4n) is 1.66. The lowest BCUT2D eigenvalue weighted by Gasteiger charge is -2.25. The Morgan fingerprint density at radius 2 is 2.09 bits per heavy atom. The lowest BCUT2D eigenvalue weighted by molar-refractivity contribution is 0.288. The van der Waals surface area contributed by atoms with Crippen molar-refractivity contribution < 1.29 is 0 Å². The van der Waals surface area contributed by atoms with Gasteiger partial charge >= 0.3 is 0 Å². The summed E-state index contributed by atoms with van der Waals surface area (Å²) in [6, 6.07) is 0. The molecular weight excluding hydrogens is 200 g/mol. The average molecular weight is 219 g/mol. The average Bonchev–Trinajstić information content (AvgIpc) is 1.85. The van der Waals surface area contributed by atoms with E-state index in [1.807, 2.05) is 0 Å². The van der Waals surface area contributed by atoms with Crippen molar-refractivity contribution in [2.75, 3.05) is 0 Å². The second-order valence-corrected chi connectivity index (χ2v) is 5.06. The van der Waals surface area contributed by atoms with Crippen LogP contribution in [-0.2, 0) is 0 Å². The summed E-state index contributed by atoms with van der Waals surface area (Å²) >= 11 is 3.72. The van der Waals surface area contributed by atoms with E-state index in [1.54, 1.807) is 0 Å². The molecule has 1 saturated carbocycles. The van der Waals surface area contributed by atoms with Crippen molar-refractivity contribution in [1.82, 2.24) is 0 Å². The first kappa shape index (κ1) is 9.57. The van der Waals surface area contributed by atoms with Crippen LogP contribution in [0.3, 0.4) is 0 Å². The lowest BCUT2D eigenvalue weighted by Crippen LogP contribution is -2.12. The molecule has 0 bridgehead atoms. The molecule has 11 heavy (non-hydrogen) atoms. The van der Waals surface area contributed by atoms with Gasteiger partial charge in [0.1, 0.15) is 0 Å². The molecule has 0 nitrogen and oxygen atoms in total. The Morgan fingerprint density at radius 1 is 1.36 bits per heavy atom. The summed E-state index contributed by atoms with van der Waals surface area (Å²) in [6.45, 7) is 2.26. The topological polar surface area (TPSA) is 0 Å². The Morgan fingerprint density at radius 3 is 2.55 bits per heavy atom. The Balaban J connectivity index is 1.92. The molecule has 0 radical (unpaired) electrons. The van der Waals surface area contributed by atoms with Crippen molar-refractivity contribution in [3.63, 3.8) is 0 Å². The van der Waals surface area contributed by atoms with Crippen LogP contribution in [0.5, 0.6) is 0 Å². The van der Waals surface area contributed by atoms with Gasteiger partial charge in [0.15, 0.2) is 0 Å². The third-order valence-corrected chi connectivity index (χ3v) is 3.63. The molecule has 1 heteroatoms. The van der Waals surface area contributed by atoms with Crippen LogP contribution < -0.4 is 0 Å². The molecule has 0 N–H and O–H groups in total. The zero-order valence-corrected chi connectivity index (χ0v) is 9.07. The minimum Gasteiger partial charge on any atom is -0.0891 e. The quantitative estimate of drug-likeness (QED) is 0.610. The van der Waals surface area contributed by atoms with Crippen molar-refractivity contribution in [3.8, 4) is 0 Å². The van der Waals surface area contributed by atoms with Gasteiger partial charge in [-0.25, -0.2) is 0 Å². The van der Waals surface area contributed by atoms with E-state index in [9.17, 15) is 0 Å². The predicted octanol–water partition coefficient (Wildman–Crippen LogP) is 4.13. The molecule has 0 aliphatic heterocycles. The summed E-state index contributed by atoms with van der Waals surface area (Å²) in [5, 5.41) is 0. The summed E-state index contributed by atoms with van der Waals surface area (Å²) < 4.78 is 0. The summed E-state index contributed by atoms with van der Waals surface area (Å²) in [7, 11) is 0. The van der Waals surface area contributed by atoms with Crippen LogP contribution in [0.1, 0.15) is 51.9 Å². The third kappa shape index (κ3) is 3.59. The number of hydrogen-bond acceptors (Lipinski definition) is 0. The highest BCUT2D eigenvalue weighted by atomic mass is 79.9. The van der Waals surface area contributed by atoms with Gasteiger partial charge in [0.25, 0.3) is 0 Å². The zero-order chi connectivity index (χ0) is 8.10. The van der Waals surface area contributed by atoms with Gasteiger partial charge in [-0.2, -0.15) is 0 Å². The summed E-state index contributed by atoms with van der Waals surface area (Å²) in [6.07, 6.45) is 10.0. The highest BCUT2D eigenvalue weighted by Gasteiger charge is 2.17.